The molecule has 18 heavy (non-hydrogen) atoms. The van der Waals surface area contributed by atoms with E-state index in [1.807, 2.05) is 23.9 Å². The first-order chi connectivity index (χ1) is 8.56. The third kappa shape index (κ3) is 4.00. The number of rotatable bonds is 6. The monoisotopic (exact) mass is 329 g/mol. The minimum atomic E-state index is -0.801. The molecule has 1 atom stereocenters. The Labute approximate surface area is 119 Å². The molecule has 1 saturated carbocycles. The molecule has 0 aromatic heterocycles. The molecule has 0 amide bonds. The van der Waals surface area contributed by atoms with Crippen molar-refractivity contribution >= 4 is 33.7 Å². The summed E-state index contributed by atoms with van der Waals surface area (Å²) >= 11 is 5.45. The van der Waals surface area contributed by atoms with Crippen molar-refractivity contribution in [2.24, 2.45) is 5.73 Å². The molecule has 1 aliphatic rings. The number of carboxylic acid groups (broad SMARTS) is 1. The Balaban J connectivity index is 2.00. The molecule has 3 N–H and O–H groups in total. The van der Waals surface area contributed by atoms with Crippen LogP contribution in [0.2, 0.25) is 0 Å². The van der Waals surface area contributed by atoms with E-state index in [-0.39, 0.29) is 12.5 Å². The zero-order valence-electron chi connectivity index (χ0n) is 9.93. The molecule has 3 nitrogen and oxygen atoms in total. The molecular formula is C13H16BrNO2S. The fourth-order valence-electron chi connectivity index (χ4n) is 1.65. The van der Waals surface area contributed by atoms with Crippen molar-refractivity contribution in [1.29, 1.82) is 0 Å². The highest BCUT2D eigenvalue weighted by Crippen LogP contribution is 2.42. The highest BCUT2D eigenvalue weighted by Gasteiger charge is 2.23. The molecule has 0 spiro atoms. The van der Waals surface area contributed by atoms with Gasteiger partial charge in [-0.2, -0.15) is 0 Å². The molecule has 0 aliphatic heterocycles. The summed E-state index contributed by atoms with van der Waals surface area (Å²) in [6, 6.07) is 5.87. The number of aliphatic carboxylic acids is 1. The molecular weight excluding hydrogens is 314 g/mol. The standard InChI is InChI=1S/C13H16BrNO2S/c14-10-7-8(11(15)4-6-13(16)17)1-5-12(10)18-9-2-3-9/h1,5,7,9,11H,2-4,6,15H2,(H,16,17). The number of carboxylic acids is 1. The highest BCUT2D eigenvalue weighted by molar-refractivity contribution is 9.10. The van der Waals surface area contributed by atoms with Gasteiger partial charge in [0, 0.05) is 27.1 Å². The molecule has 1 aromatic carbocycles. The van der Waals surface area contributed by atoms with Crippen LogP contribution < -0.4 is 5.73 Å². The lowest BCUT2D eigenvalue weighted by molar-refractivity contribution is -0.137. The summed E-state index contributed by atoms with van der Waals surface area (Å²) in [5, 5.41) is 9.42. The zero-order chi connectivity index (χ0) is 13.1. The summed E-state index contributed by atoms with van der Waals surface area (Å²) in [5.41, 5.74) is 6.97. The van der Waals surface area contributed by atoms with Crippen LogP contribution >= 0.6 is 27.7 Å². The van der Waals surface area contributed by atoms with E-state index < -0.39 is 5.97 Å². The molecule has 1 aliphatic carbocycles. The zero-order valence-corrected chi connectivity index (χ0v) is 12.3. The van der Waals surface area contributed by atoms with Crippen LogP contribution in [0.4, 0.5) is 0 Å². The van der Waals surface area contributed by atoms with Gasteiger partial charge in [-0.15, -0.1) is 11.8 Å². The van der Waals surface area contributed by atoms with E-state index in [0.717, 1.165) is 15.3 Å². The molecule has 5 heteroatoms. The van der Waals surface area contributed by atoms with Crippen molar-refractivity contribution in [3.8, 4) is 0 Å². The van der Waals surface area contributed by atoms with Gasteiger partial charge in [0.2, 0.25) is 0 Å². The Morgan fingerprint density at radius 2 is 2.28 bits per heavy atom. The van der Waals surface area contributed by atoms with Crippen LogP contribution in [0.25, 0.3) is 0 Å². The van der Waals surface area contributed by atoms with E-state index in [1.54, 1.807) is 0 Å². The van der Waals surface area contributed by atoms with E-state index in [9.17, 15) is 4.79 Å². The van der Waals surface area contributed by atoms with Crippen LogP contribution in [-0.2, 0) is 4.79 Å². The summed E-state index contributed by atoms with van der Waals surface area (Å²) in [7, 11) is 0. The highest BCUT2D eigenvalue weighted by atomic mass is 79.9. The van der Waals surface area contributed by atoms with Crippen molar-refractivity contribution in [3.63, 3.8) is 0 Å². The van der Waals surface area contributed by atoms with Gasteiger partial charge in [0.1, 0.15) is 0 Å². The van der Waals surface area contributed by atoms with Crippen LogP contribution in [0.1, 0.15) is 37.3 Å². The van der Waals surface area contributed by atoms with Crippen molar-refractivity contribution < 1.29 is 9.90 Å². The molecule has 0 heterocycles. The SMILES string of the molecule is NC(CCC(=O)O)c1ccc(SC2CC2)c(Br)c1. The van der Waals surface area contributed by atoms with Crippen molar-refractivity contribution in [1.82, 2.24) is 0 Å². The first-order valence-corrected chi connectivity index (χ1v) is 7.67. The fraction of sp³-hybridized carbons (Fsp3) is 0.462. The summed E-state index contributed by atoms with van der Waals surface area (Å²) in [5.74, 6) is -0.801. The van der Waals surface area contributed by atoms with Crippen molar-refractivity contribution in [3.05, 3.63) is 28.2 Å². The minimum absolute atomic E-state index is 0.108. The minimum Gasteiger partial charge on any atom is -0.481 e. The number of halogens is 1. The topological polar surface area (TPSA) is 63.3 Å². The van der Waals surface area contributed by atoms with Gasteiger partial charge in [-0.1, -0.05) is 6.07 Å². The first-order valence-electron chi connectivity index (χ1n) is 5.99. The number of nitrogens with two attached hydrogens (primary N) is 1. The average molecular weight is 330 g/mol. The van der Waals surface area contributed by atoms with Crippen LogP contribution in [0, 0.1) is 0 Å². The molecule has 0 saturated heterocycles. The predicted octanol–water partition coefficient (Wildman–Crippen LogP) is 3.57. The Morgan fingerprint density at radius 1 is 1.56 bits per heavy atom. The lowest BCUT2D eigenvalue weighted by Crippen LogP contribution is -2.12. The average Bonchev–Trinajstić information content (AvgIpc) is 3.12. The third-order valence-corrected chi connectivity index (χ3v) is 5.20. The smallest absolute Gasteiger partial charge is 0.303 e. The Bertz CT molecular complexity index is 449. The number of carbonyl (C=O) groups is 1. The van der Waals surface area contributed by atoms with Gasteiger partial charge in [-0.3, -0.25) is 4.79 Å². The van der Waals surface area contributed by atoms with E-state index in [1.165, 1.54) is 17.7 Å². The van der Waals surface area contributed by atoms with Gasteiger partial charge in [0.05, 0.1) is 0 Å². The van der Waals surface area contributed by atoms with Crippen LogP contribution in [0.15, 0.2) is 27.6 Å². The lowest BCUT2D eigenvalue weighted by Gasteiger charge is -2.12. The first kappa shape index (κ1) is 13.9. The quantitative estimate of drug-likeness (QED) is 0.837. The number of hydrogen-bond donors (Lipinski definition) is 2. The summed E-state index contributed by atoms with van der Waals surface area (Å²) < 4.78 is 1.06. The fourth-order valence-corrected chi connectivity index (χ4v) is 3.38. The van der Waals surface area contributed by atoms with E-state index >= 15 is 0 Å². The van der Waals surface area contributed by atoms with Crippen LogP contribution in [0.5, 0.6) is 0 Å². The molecule has 0 radical (unpaired) electrons. The Hall–Kier alpha value is -0.520. The number of hydrogen-bond acceptors (Lipinski definition) is 3. The molecule has 2 rings (SSSR count). The number of benzene rings is 1. The molecule has 1 aromatic rings. The maximum absolute atomic E-state index is 10.5. The predicted molar refractivity (Wildman–Crippen MR) is 76.8 cm³/mol. The maximum atomic E-state index is 10.5. The second-order valence-electron chi connectivity index (χ2n) is 4.55. The van der Waals surface area contributed by atoms with E-state index in [0.29, 0.717) is 6.42 Å². The summed E-state index contributed by atoms with van der Waals surface area (Å²) in [6.07, 6.45) is 3.18. The third-order valence-electron chi connectivity index (χ3n) is 2.87. The van der Waals surface area contributed by atoms with Gasteiger partial charge in [0.25, 0.3) is 0 Å². The van der Waals surface area contributed by atoms with Crippen molar-refractivity contribution in [2.75, 3.05) is 0 Å². The van der Waals surface area contributed by atoms with Crippen molar-refractivity contribution in [2.45, 2.75) is 41.9 Å². The Kier molecular flexibility index (Phi) is 4.70. The van der Waals surface area contributed by atoms with Crippen LogP contribution in [0.3, 0.4) is 0 Å². The van der Waals surface area contributed by atoms with Gasteiger partial charge >= 0.3 is 5.97 Å². The maximum Gasteiger partial charge on any atom is 0.303 e. The molecule has 1 fully saturated rings. The molecule has 1 unspecified atom stereocenters. The largest absolute Gasteiger partial charge is 0.481 e. The Morgan fingerprint density at radius 3 is 2.83 bits per heavy atom. The van der Waals surface area contributed by atoms with Gasteiger partial charge in [0.15, 0.2) is 0 Å². The number of thioether (sulfide) groups is 1. The van der Waals surface area contributed by atoms with Gasteiger partial charge in [-0.05, 0) is 52.9 Å². The lowest BCUT2D eigenvalue weighted by atomic mass is 10.0. The van der Waals surface area contributed by atoms with E-state index in [4.69, 9.17) is 10.8 Å². The van der Waals surface area contributed by atoms with Crippen LogP contribution in [-0.4, -0.2) is 16.3 Å². The second kappa shape index (κ2) is 6.08. The normalized spacial score (nSPS) is 16.6. The molecule has 0 bridgehead atoms. The summed E-state index contributed by atoms with van der Waals surface area (Å²) in [4.78, 5) is 11.8. The van der Waals surface area contributed by atoms with Gasteiger partial charge in [-0.25, -0.2) is 0 Å². The molecule has 98 valence electrons. The van der Waals surface area contributed by atoms with E-state index in [2.05, 4.69) is 22.0 Å². The van der Waals surface area contributed by atoms with Gasteiger partial charge < -0.3 is 10.8 Å². The summed E-state index contributed by atoms with van der Waals surface area (Å²) in [6.45, 7) is 0. The second-order valence-corrected chi connectivity index (χ2v) is 6.74.